The molecule has 0 radical (unpaired) electrons. The molecule has 5 nitrogen and oxygen atoms in total. The second-order valence-corrected chi connectivity index (χ2v) is 5.82. The third-order valence-electron chi connectivity index (χ3n) is 3.51. The van der Waals surface area contributed by atoms with Crippen LogP contribution in [0.3, 0.4) is 0 Å². The van der Waals surface area contributed by atoms with E-state index in [1.54, 1.807) is 30.3 Å². The van der Waals surface area contributed by atoms with Crippen LogP contribution in [0, 0.1) is 0 Å². The second kappa shape index (κ2) is 9.08. The molecule has 132 valence electrons. The van der Waals surface area contributed by atoms with Crippen molar-refractivity contribution >= 4 is 23.8 Å². The van der Waals surface area contributed by atoms with Gasteiger partial charge < -0.3 is 14.8 Å². The predicted molar refractivity (Wildman–Crippen MR) is 96.5 cm³/mol. The smallest absolute Gasteiger partial charge is 0.258 e. The normalized spacial score (nSPS) is 11.5. The summed E-state index contributed by atoms with van der Waals surface area (Å²) in [6.45, 7) is 3.99. The fourth-order valence-electron chi connectivity index (χ4n) is 2.25. The van der Waals surface area contributed by atoms with E-state index in [9.17, 15) is 9.59 Å². The van der Waals surface area contributed by atoms with Gasteiger partial charge in [0.25, 0.3) is 5.91 Å². The van der Waals surface area contributed by atoms with E-state index in [2.05, 4.69) is 5.32 Å². The topological polar surface area (TPSA) is 64.6 Å². The summed E-state index contributed by atoms with van der Waals surface area (Å²) in [5.74, 6) is 0.594. The van der Waals surface area contributed by atoms with Crippen LogP contribution in [0.4, 0.5) is 0 Å². The van der Waals surface area contributed by atoms with Crippen molar-refractivity contribution in [3.05, 3.63) is 58.6 Å². The van der Waals surface area contributed by atoms with Gasteiger partial charge in [0.2, 0.25) is 0 Å². The van der Waals surface area contributed by atoms with Crippen LogP contribution in [-0.2, 0) is 4.79 Å². The van der Waals surface area contributed by atoms with Crippen molar-refractivity contribution in [3.8, 4) is 11.5 Å². The van der Waals surface area contributed by atoms with Gasteiger partial charge in [0.15, 0.2) is 18.1 Å². The van der Waals surface area contributed by atoms with Gasteiger partial charge >= 0.3 is 0 Å². The molecule has 6 heteroatoms. The Morgan fingerprint density at radius 2 is 1.88 bits per heavy atom. The van der Waals surface area contributed by atoms with E-state index in [4.69, 9.17) is 21.1 Å². The summed E-state index contributed by atoms with van der Waals surface area (Å²) in [6, 6.07) is 11.9. The van der Waals surface area contributed by atoms with E-state index in [-0.39, 0.29) is 18.6 Å². The van der Waals surface area contributed by atoms with Crippen molar-refractivity contribution in [2.24, 2.45) is 0 Å². The van der Waals surface area contributed by atoms with E-state index in [0.717, 1.165) is 11.8 Å². The average Bonchev–Trinajstić information content (AvgIpc) is 2.61. The zero-order valence-electron chi connectivity index (χ0n) is 14.1. The Balaban J connectivity index is 1.95. The molecular weight excluding hydrogens is 342 g/mol. The zero-order chi connectivity index (χ0) is 18.2. The SMILES string of the molecule is CCOc1cc(C=O)ccc1OCC(=O)NC(C)c1ccc(Cl)cc1. The maximum absolute atomic E-state index is 12.1. The number of benzene rings is 2. The lowest BCUT2D eigenvalue weighted by molar-refractivity contribution is -0.123. The Morgan fingerprint density at radius 1 is 1.16 bits per heavy atom. The first-order chi connectivity index (χ1) is 12.0. The molecule has 25 heavy (non-hydrogen) atoms. The van der Waals surface area contributed by atoms with Crippen molar-refractivity contribution < 1.29 is 19.1 Å². The zero-order valence-corrected chi connectivity index (χ0v) is 14.9. The number of hydrogen-bond donors (Lipinski definition) is 1. The van der Waals surface area contributed by atoms with Gasteiger partial charge in [-0.2, -0.15) is 0 Å². The lowest BCUT2D eigenvalue weighted by Crippen LogP contribution is -2.31. The van der Waals surface area contributed by atoms with Gasteiger partial charge in [0.1, 0.15) is 6.29 Å². The number of nitrogens with one attached hydrogen (secondary N) is 1. The predicted octanol–water partition coefficient (Wildman–Crippen LogP) is 3.81. The number of carbonyl (C=O) groups is 2. The van der Waals surface area contributed by atoms with E-state index < -0.39 is 0 Å². The summed E-state index contributed by atoms with van der Waals surface area (Å²) < 4.78 is 11.0. The first-order valence-electron chi connectivity index (χ1n) is 7.93. The molecule has 2 rings (SSSR count). The number of rotatable bonds is 8. The molecule has 1 unspecified atom stereocenters. The van der Waals surface area contributed by atoms with Gasteiger partial charge in [0, 0.05) is 10.6 Å². The maximum atomic E-state index is 12.1. The first-order valence-corrected chi connectivity index (χ1v) is 8.31. The lowest BCUT2D eigenvalue weighted by Gasteiger charge is -2.16. The van der Waals surface area contributed by atoms with Crippen LogP contribution >= 0.6 is 11.6 Å². The van der Waals surface area contributed by atoms with E-state index >= 15 is 0 Å². The molecule has 0 aliphatic heterocycles. The van der Waals surface area contributed by atoms with Crippen molar-refractivity contribution in [2.75, 3.05) is 13.2 Å². The second-order valence-electron chi connectivity index (χ2n) is 5.39. The largest absolute Gasteiger partial charge is 0.490 e. The molecule has 2 aromatic rings. The number of ether oxygens (including phenoxy) is 2. The Hall–Kier alpha value is -2.53. The van der Waals surface area contributed by atoms with Crippen LogP contribution in [0.2, 0.25) is 5.02 Å². The molecule has 0 bridgehead atoms. The van der Waals surface area contributed by atoms with Gasteiger partial charge in [-0.3, -0.25) is 9.59 Å². The maximum Gasteiger partial charge on any atom is 0.258 e. The van der Waals surface area contributed by atoms with Gasteiger partial charge in [-0.15, -0.1) is 0 Å². The number of hydrogen-bond acceptors (Lipinski definition) is 4. The highest BCUT2D eigenvalue weighted by molar-refractivity contribution is 6.30. The van der Waals surface area contributed by atoms with Crippen LogP contribution in [0.25, 0.3) is 0 Å². The third kappa shape index (κ3) is 5.50. The molecule has 0 saturated heterocycles. The van der Waals surface area contributed by atoms with Crippen molar-refractivity contribution in [3.63, 3.8) is 0 Å². The van der Waals surface area contributed by atoms with Crippen LogP contribution in [0.1, 0.15) is 35.8 Å². The molecule has 0 aliphatic rings. The summed E-state index contributed by atoms with van der Waals surface area (Å²) in [5, 5.41) is 3.50. The molecular formula is C19H20ClNO4. The van der Waals surface area contributed by atoms with Crippen molar-refractivity contribution in [1.82, 2.24) is 5.32 Å². The number of aldehydes is 1. The van der Waals surface area contributed by atoms with Gasteiger partial charge in [-0.25, -0.2) is 0 Å². The fraction of sp³-hybridized carbons (Fsp3) is 0.263. The molecule has 1 N–H and O–H groups in total. The quantitative estimate of drug-likeness (QED) is 0.726. The molecule has 0 heterocycles. The third-order valence-corrected chi connectivity index (χ3v) is 3.76. The molecule has 2 aromatic carbocycles. The molecule has 0 aliphatic carbocycles. The first kappa shape index (κ1) is 18.8. The van der Waals surface area contributed by atoms with Gasteiger partial charge in [-0.1, -0.05) is 23.7 Å². The Labute approximate surface area is 151 Å². The van der Waals surface area contributed by atoms with Crippen LogP contribution in [-0.4, -0.2) is 25.4 Å². The highest BCUT2D eigenvalue weighted by atomic mass is 35.5. The molecule has 0 spiro atoms. The Kier molecular flexibility index (Phi) is 6.83. The fourth-order valence-corrected chi connectivity index (χ4v) is 2.37. The minimum absolute atomic E-state index is 0.154. The summed E-state index contributed by atoms with van der Waals surface area (Å²) in [6.07, 6.45) is 0.729. The Bertz CT molecular complexity index is 731. The number of halogens is 1. The number of amides is 1. The van der Waals surface area contributed by atoms with Crippen LogP contribution < -0.4 is 14.8 Å². The molecule has 0 saturated carbocycles. The summed E-state index contributed by atoms with van der Waals surface area (Å²) in [4.78, 5) is 22.9. The van der Waals surface area contributed by atoms with Crippen LogP contribution in [0.15, 0.2) is 42.5 Å². The van der Waals surface area contributed by atoms with Crippen LogP contribution in [0.5, 0.6) is 11.5 Å². The average molecular weight is 362 g/mol. The lowest BCUT2D eigenvalue weighted by atomic mass is 10.1. The number of carbonyl (C=O) groups excluding carboxylic acids is 2. The molecule has 0 fully saturated rings. The molecule has 0 aromatic heterocycles. The van der Waals surface area contributed by atoms with Crippen molar-refractivity contribution in [2.45, 2.75) is 19.9 Å². The van der Waals surface area contributed by atoms with Gasteiger partial charge in [-0.05, 0) is 49.7 Å². The van der Waals surface area contributed by atoms with Gasteiger partial charge in [0.05, 0.1) is 12.6 Å². The molecule has 1 atom stereocenters. The van der Waals surface area contributed by atoms with E-state index in [0.29, 0.717) is 28.7 Å². The summed E-state index contributed by atoms with van der Waals surface area (Å²) in [7, 11) is 0. The summed E-state index contributed by atoms with van der Waals surface area (Å²) >= 11 is 5.86. The van der Waals surface area contributed by atoms with Crippen molar-refractivity contribution in [1.29, 1.82) is 0 Å². The minimum atomic E-state index is -0.260. The molecule has 1 amide bonds. The minimum Gasteiger partial charge on any atom is -0.490 e. The van der Waals surface area contributed by atoms with E-state index in [1.165, 1.54) is 0 Å². The monoisotopic (exact) mass is 361 g/mol. The Morgan fingerprint density at radius 3 is 2.52 bits per heavy atom. The summed E-state index contributed by atoms with van der Waals surface area (Å²) in [5.41, 5.74) is 1.43. The highest BCUT2D eigenvalue weighted by Gasteiger charge is 2.12. The standard InChI is InChI=1S/C19H20ClNO4/c1-3-24-18-10-14(11-22)4-9-17(18)25-12-19(23)21-13(2)15-5-7-16(20)8-6-15/h4-11,13H,3,12H2,1-2H3,(H,21,23). The van der Waals surface area contributed by atoms with E-state index in [1.807, 2.05) is 26.0 Å². The highest BCUT2D eigenvalue weighted by Crippen LogP contribution is 2.28.